The number of methoxy groups -OCH3 is 1. The number of pyridine rings is 1. The molecule has 0 radical (unpaired) electrons. The molecule has 3 rings (SSSR count). The zero-order valence-corrected chi connectivity index (χ0v) is 16.4. The van der Waals surface area contributed by atoms with E-state index in [2.05, 4.69) is 9.97 Å². The monoisotopic (exact) mass is 382 g/mol. The van der Waals surface area contributed by atoms with E-state index in [1.165, 1.54) is 13.2 Å². The molecule has 28 heavy (non-hydrogen) atoms. The molecule has 0 saturated heterocycles. The van der Waals surface area contributed by atoms with Gasteiger partial charge in [0.15, 0.2) is 11.6 Å². The summed E-state index contributed by atoms with van der Waals surface area (Å²) in [6.07, 6.45) is 4.97. The Morgan fingerprint density at radius 3 is 2.64 bits per heavy atom. The van der Waals surface area contributed by atoms with Crippen LogP contribution in [0.15, 0.2) is 49.1 Å². The second-order valence-electron chi connectivity index (χ2n) is 6.85. The van der Waals surface area contributed by atoms with Gasteiger partial charge in [0.05, 0.1) is 19.1 Å². The van der Waals surface area contributed by atoms with Gasteiger partial charge in [-0.3, -0.25) is 9.78 Å². The molecule has 6 nitrogen and oxygen atoms in total. The lowest BCUT2D eigenvalue weighted by Crippen LogP contribution is -2.36. The van der Waals surface area contributed by atoms with E-state index in [1.807, 2.05) is 33.0 Å². The van der Waals surface area contributed by atoms with E-state index in [-0.39, 0.29) is 17.7 Å². The first-order valence-electron chi connectivity index (χ1n) is 8.97. The fourth-order valence-electron chi connectivity index (χ4n) is 2.91. The predicted octanol–water partition coefficient (Wildman–Crippen LogP) is 3.68. The van der Waals surface area contributed by atoms with E-state index in [4.69, 9.17) is 4.74 Å². The zero-order valence-electron chi connectivity index (χ0n) is 16.4. The average Bonchev–Trinajstić information content (AvgIpc) is 3.12. The van der Waals surface area contributed by atoms with Crippen LogP contribution in [-0.2, 0) is 13.6 Å². The van der Waals surface area contributed by atoms with Gasteiger partial charge in [-0.15, -0.1) is 0 Å². The quantitative estimate of drug-likeness (QED) is 0.653. The zero-order chi connectivity index (χ0) is 20.3. The van der Waals surface area contributed by atoms with Gasteiger partial charge in [0.25, 0.3) is 5.91 Å². The van der Waals surface area contributed by atoms with Crippen molar-refractivity contribution in [1.29, 1.82) is 0 Å². The lowest BCUT2D eigenvalue weighted by atomic mass is 10.1. The van der Waals surface area contributed by atoms with Crippen molar-refractivity contribution >= 4 is 5.91 Å². The summed E-state index contributed by atoms with van der Waals surface area (Å²) >= 11 is 0. The molecule has 0 aliphatic carbocycles. The maximum absolute atomic E-state index is 14.0. The molecule has 0 bridgehead atoms. The first-order chi connectivity index (χ1) is 13.4. The number of amides is 1. The maximum Gasteiger partial charge on any atom is 0.274 e. The second-order valence-corrected chi connectivity index (χ2v) is 6.85. The number of ether oxygens (including phenoxy) is 1. The van der Waals surface area contributed by atoms with E-state index in [9.17, 15) is 9.18 Å². The molecule has 2 aromatic heterocycles. The molecule has 0 fully saturated rings. The van der Waals surface area contributed by atoms with Crippen LogP contribution in [0.1, 0.15) is 29.9 Å². The fraction of sp³-hybridized carbons (Fsp3) is 0.286. The van der Waals surface area contributed by atoms with Gasteiger partial charge in [-0.1, -0.05) is 0 Å². The van der Waals surface area contributed by atoms with E-state index < -0.39 is 5.82 Å². The number of rotatable bonds is 6. The lowest BCUT2D eigenvalue weighted by molar-refractivity contribution is 0.0684. The summed E-state index contributed by atoms with van der Waals surface area (Å²) < 4.78 is 20.7. The topological polar surface area (TPSA) is 60.2 Å². The Balaban J connectivity index is 1.86. The SMILES string of the molecule is COc1ccc(-c2cc(CN(C(=O)c3cn(C)cn3)C(C)C)ccn2)cc1F. The molecule has 0 aliphatic heterocycles. The van der Waals surface area contributed by atoms with Crippen LogP contribution in [0.3, 0.4) is 0 Å². The first-order valence-corrected chi connectivity index (χ1v) is 8.97. The van der Waals surface area contributed by atoms with Crippen LogP contribution in [0, 0.1) is 5.82 Å². The molecule has 0 unspecified atom stereocenters. The van der Waals surface area contributed by atoms with E-state index in [0.717, 1.165) is 5.56 Å². The summed E-state index contributed by atoms with van der Waals surface area (Å²) in [4.78, 5) is 23.1. The number of nitrogens with zero attached hydrogens (tertiary/aromatic N) is 4. The Morgan fingerprint density at radius 1 is 1.25 bits per heavy atom. The summed E-state index contributed by atoms with van der Waals surface area (Å²) in [6.45, 7) is 4.32. The van der Waals surface area contributed by atoms with Crippen LogP contribution in [0.4, 0.5) is 4.39 Å². The number of halogens is 1. The summed E-state index contributed by atoms with van der Waals surface area (Å²) in [5.74, 6) is -0.391. The highest BCUT2D eigenvalue weighted by atomic mass is 19.1. The van der Waals surface area contributed by atoms with Crippen LogP contribution >= 0.6 is 0 Å². The van der Waals surface area contributed by atoms with Gasteiger partial charge in [0.1, 0.15) is 5.69 Å². The van der Waals surface area contributed by atoms with Crippen molar-refractivity contribution in [2.24, 2.45) is 7.05 Å². The molecule has 0 saturated carbocycles. The van der Waals surface area contributed by atoms with E-state index >= 15 is 0 Å². The Morgan fingerprint density at radius 2 is 2.04 bits per heavy atom. The predicted molar refractivity (Wildman–Crippen MR) is 104 cm³/mol. The number of hydrogen-bond acceptors (Lipinski definition) is 4. The van der Waals surface area contributed by atoms with Gasteiger partial charge in [-0.05, 0) is 49.7 Å². The van der Waals surface area contributed by atoms with Crippen molar-refractivity contribution in [3.8, 4) is 17.0 Å². The lowest BCUT2D eigenvalue weighted by Gasteiger charge is -2.26. The minimum atomic E-state index is -0.443. The molecule has 0 N–H and O–H groups in total. The third-order valence-electron chi connectivity index (χ3n) is 4.43. The van der Waals surface area contributed by atoms with Gasteiger partial charge in [0, 0.05) is 37.6 Å². The Hall–Kier alpha value is -3.22. The van der Waals surface area contributed by atoms with Crippen LogP contribution in [0.2, 0.25) is 0 Å². The molecular formula is C21H23FN4O2. The third-order valence-corrected chi connectivity index (χ3v) is 4.43. The summed E-state index contributed by atoms with van der Waals surface area (Å²) in [5, 5.41) is 0. The van der Waals surface area contributed by atoms with Crippen molar-refractivity contribution in [3.05, 3.63) is 66.1 Å². The third kappa shape index (κ3) is 4.19. The van der Waals surface area contributed by atoms with Crippen LogP contribution in [0.25, 0.3) is 11.3 Å². The first kappa shape index (κ1) is 19.5. The molecule has 7 heteroatoms. The van der Waals surface area contributed by atoms with Crippen molar-refractivity contribution in [3.63, 3.8) is 0 Å². The maximum atomic E-state index is 14.0. The highest BCUT2D eigenvalue weighted by molar-refractivity contribution is 5.92. The molecule has 1 amide bonds. The number of carbonyl (C=O) groups excluding carboxylic acids is 1. The molecule has 1 aromatic carbocycles. The molecular weight excluding hydrogens is 359 g/mol. The number of aryl methyl sites for hydroxylation is 1. The van der Waals surface area contributed by atoms with Gasteiger partial charge >= 0.3 is 0 Å². The number of imidazole rings is 1. The van der Waals surface area contributed by atoms with E-state index in [1.54, 1.807) is 40.3 Å². The molecule has 2 heterocycles. The van der Waals surface area contributed by atoms with Crippen LogP contribution < -0.4 is 4.74 Å². The second kappa shape index (κ2) is 8.21. The van der Waals surface area contributed by atoms with Crippen molar-refractivity contribution < 1.29 is 13.9 Å². The summed E-state index contributed by atoms with van der Waals surface area (Å²) in [6, 6.07) is 8.43. The van der Waals surface area contributed by atoms with Crippen LogP contribution in [-0.4, -0.2) is 38.5 Å². The Labute approximate surface area is 163 Å². The van der Waals surface area contributed by atoms with E-state index in [0.29, 0.717) is 23.5 Å². The van der Waals surface area contributed by atoms with Gasteiger partial charge in [-0.25, -0.2) is 9.37 Å². The Kier molecular flexibility index (Phi) is 5.73. The minimum Gasteiger partial charge on any atom is -0.494 e. The normalized spacial score (nSPS) is 10.9. The molecule has 0 spiro atoms. The number of benzene rings is 1. The summed E-state index contributed by atoms with van der Waals surface area (Å²) in [5.41, 5.74) is 2.59. The van der Waals surface area contributed by atoms with Crippen molar-refractivity contribution in [2.75, 3.05) is 7.11 Å². The fourth-order valence-corrected chi connectivity index (χ4v) is 2.91. The molecule has 3 aromatic rings. The standard InChI is InChI=1S/C21H23FN4O2/c1-14(2)26(21(27)19-12-25(3)13-24-19)11-15-7-8-23-18(9-15)16-5-6-20(28-4)17(22)10-16/h5-10,12-14H,11H2,1-4H3. The largest absolute Gasteiger partial charge is 0.494 e. The highest BCUT2D eigenvalue weighted by Gasteiger charge is 2.21. The van der Waals surface area contributed by atoms with Crippen LogP contribution in [0.5, 0.6) is 5.75 Å². The van der Waals surface area contributed by atoms with Gasteiger partial charge in [-0.2, -0.15) is 0 Å². The van der Waals surface area contributed by atoms with Gasteiger partial charge in [0.2, 0.25) is 0 Å². The highest BCUT2D eigenvalue weighted by Crippen LogP contribution is 2.25. The minimum absolute atomic E-state index is 0.00967. The molecule has 0 atom stereocenters. The van der Waals surface area contributed by atoms with Gasteiger partial charge < -0.3 is 14.2 Å². The smallest absolute Gasteiger partial charge is 0.274 e. The number of carbonyl (C=O) groups is 1. The number of hydrogen-bond donors (Lipinski definition) is 0. The number of aromatic nitrogens is 3. The molecule has 146 valence electrons. The Bertz CT molecular complexity index is 984. The van der Waals surface area contributed by atoms with Crippen molar-refractivity contribution in [2.45, 2.75) is 26.4 Å². The average molecular weight is 382 g/mol. The molecule has 0 aliphatic rings. The van der Waals surface area contributed by atoms with Crippen molar-refractivity contribution in [1.82, 2.24) is 19.4 Å². The summed E-state index contributed by atoms with van der Waals surface area (Å²) in [7, 11) is 3.25.